The van der Waals surface area contributed by atoms with Crippen LogP contribution in [-0.2, 0) is 18.0 Å². The van der Waals surface area contributed by atoms with Crippen molar-refractivity contribution in [1.29, 1.82) is 5.26 Å². The van der Waals surface area contributed by atoms with Crippen LogP contribution in [0.5, 0.6) is 0 Å². The van der Waals surface area contributed by atoms with Crippen LogP contribution >= 0.6 is 11.3 Å². The van der Waals surface area contributed by atoms with Gasteiger partial charge in [0, 0.05) is 35.8 Å². The second kappa shape index (κ2) is 9.60. The van der Waals surface area contributed by atoms with E-state index in [0.717, 1.165) is 48.4 Å². The SMILES string of the molecule is C/C=C(/F)c1sc(N)c(C#N)c1C(=C(C)CC)c1c2c(c3cnc(N4CCCC4)nc3c1F)COC2. The van der Waals surface area contributed by atoms with E-state index < -0.39 is 11.6 Å². The van der Waals surface area contributed by atoms with E-state index in [1.807, 2.05) is 13.8 Å². The van der Waals surface area contributed by atoms with Crippen molar-refractivity contribution >= 4 is 44.6 Å². The number of nitrogen functional groups attached to an aromatic ring is 1. The minimum Gasteiger partial charge on any atom is -0.389 e. The lowest BCUT2D eigenvalue weighted by atomic mass is 9.85. The Morgan fingerprint density at radius 2 is 2.00 bits per heavy atom. The number of allylic oxidation sites excluding steroid dienone is 2. The highest BCUT2D eigenvalue weighted by atomic mass is 32.1. The molecule has 9 heteroatoms. The Bertz CT molecular complexity index is 1480. The molecule has 0 bridgehead atoms. The zero-order valence-electron chi connectivity index (χ0n) is 20.5. The first-order valence-corrected chi connectivity index (χ1v) is 12.9. The molecule has 0 atom stereocenters. The van der Waals surface area contributed by atoms with Crippen LogP contribution in [0, 0.1) is 17.1 Å². The van der Waals surface area contributed by atoms with E-state index in [0.29, 0.717) is 46.6 Å². The van der Waals surface area contributed by atoms with Gasteiger partial charge < -0.3 is 15.4 Å². The van der Waals surface area contributed by atoms with Gasteiger partial charge in [-0.3, -0.25) is 0 Å². The minimum atomic E-state index is -0.514. The van der Waals surface area contributed by atoms with Gasteiger partial charge in [-0.25, -0.2) is 18.7 Å². The average Bonchev–Trinajstić information content (AvgIpc) is 3.65. The number of nitrogens with two attached hydrogens (primary N) is 1. The van der Waals surface area contributed by atoms with Crippen LogP contribution in [-0.4, -0.2) is 23.1 Å². The third-order valence-corrected chi connectivity index (χ3v) is 8.08. The van der Waals surface area contributed by atoms with Crippen molar-refractivity contribution < 1.29 is 13.5 Å². The predicted molar refractivity (Wildman–Crippen MR) is 140 cm³/mol. The zero-order valence-corrected chi connectivity index (χ0v) is 21.4. The lowest BCUT2D eigenvalue weighted by Gasteiger charge is -2.20. The topological polar surface area (TPSA) is 88.1 Å². The zero-order chi connectivity index (χ0) is 25.6. The Labute approximate surface area is 212 Å². The molecule has 0 saturated carbocycles. The molecule has 4 heterocycles. The standard InChI is InChI=1S/C27H27F2N5OS/c1-4-14(3)20(22-15(10-30)26(31)36-25(22)19(28)5-2)21-18-13-35-12-17(18)16-11-32-27(33-24(16)23(21)29)34-8-6-7-9-34/h5,11H,4,6-9,12-13,31H2,1-3H3/b19-5+,20-14?. The molecule has 0 amide bonds. The van der Waals surface area contributed by atoms with E-state index in [4.69, 9.17) is 10.5 Å². The predicted octanol–water partition coefficient (Wildman–Crippen LogP) is 6.48. The number of aromatic nitrogens is 2. The summed E-state index contributed by atoms with van der Waals surface area (Å²) in [5, 5.41) is 10.8. The molecule has 1 fully saturated rings. The molecule has 1 aromatic carbocycles. The maximum atomic E-state index is 16.7. The van der Waals surface area contributed by atoms with Crippen LogP contribution < -0.4 is 10.6 Å². The van der Waals surface area contributed by atoms with Gasteiger partial charge in [0.15, 0.2) is 5.82 Å². The number of thiophene rings is 1. The third kappa shape index (κ3) is 3.76. The highest BCUT2D eigenvalue weighted by Gasteiger charge is 2.32. The molecular weight excluding hydrogens is 480 g/mol. The number of fused-ring (bicyclic) bond motifs is 3. The Hall–Kier alpha value is -3.35. The van der Waals surface area contributed by atoms with E-state index in [-0.39, 0.29) is 27.6 Å². The normalized spacial score (nSPS) is 16.4. The van der Waals surface area contributed by atoms with Crippen LogP contribution in [0.4, 0.5) is 19.7 Å². The second-order valence-electron chi connectivity index (χ2n) is 9.07. The molecule has 5 rings (SSSR count). The van der Waals surface area contributed by atoms with E-state index >= 15 is 8.78 Å². The van der Waals surface area contributed by atoms with Crippen LogP contribution in [0.25, 0.3) is 22.3 Å². The van der Waals surface area contributed by atoms with Gasteiger partial charge in [0.1, 0.15) is 22.4 Å². The van der Waals surface area contributed by atoms with E-state index in [9.17, 15) is 5.26 Å². The van der Waals surface area contributed by atoms with Gasteiger partial charge in [0.25, 0.3) is 0 Å². The summed E-state index contributed by atoms with van der Waals surface area (Å²) in [6.45, 7) is 7.58. The van der Waals surface area contributed by atoms with Gasteiger partial charge in [-0.1, -0.05) is 18.6 Å². The molecule has 2 N–H and O–H groups in total. The first-order valence-electron chi connectivity index (χ1n) is 12.1. The summed E-state index contributed by atoms with van der Waals surface area (Å²) in [5.74, 6) is -0.516. The van der Waals surface area contributed by atoms with Crippen molar-refractivity contribution in [2.45, 2.75) is 53.2 Å². The Morgan fingerprint density at radius 1 is 1.28 bits per heavy atom. The fourth-order valence-electron chi connectivity index (χ4n) is 5.06. The van der Waals surface area contributed by atoms with Gasteiger partial charge in [-0.05, 0) is 49.8 Å². The molecule has 2 aliphatic heterocycles. The number of rotatable bonds is 5. The summed E-state index contributed by atoms with van der Waals surface area (Å²) < 4.78 is 37.5. The van der Waals surface area contributed by atoms with Gasteiger partial charge in [-0.2, -0.15) is 5.26 Å². The summed E-state index contributed by atoms with van der Waals surface area (Å²) >= 11 is 1.00. The Morgan fingerprint density at radius 3 is 2.67 bits per heavy atom. The van der Waals surface area contributed by atoms with Crippen molar-refractivity contribution in [3.63, 3.8) is 0 Å². The highest BCUT2D eigenvalue weighted by molar-refractivity contribution is 7.17. The van der Waals surface area contributed by atoms with E-state index in [1.54, 1.807) is 13.1 Å². The highest BCUT2D eigenvalue weighted by Crippen LogP contribution is 2.47. The number of hydrogen-bond acceptors (Lipinski definition) is 7. The van der Waals surface area contributed by atoms with Crippen LogP contribution in [0.3, 0.4) is 0 Å². The lowest BCUT2D eigenvalue weighted by molar-refractivity contribution is 0.134. The van der Waals surface area contributed by atoms with E-state index in [1.165, 1.54) is 6.08 Å². The fourth-order valence-corrected chi connectivity index (χ4v) is 6.05. The second-order valence-corrected chi connectivity index (χ2v) is 10.1. The minimum absolute atomic E-state index is 0.155. The summed E-state index contributed by atoms with van der Waals surface area (Å²) in [4.78, 5) is 11.5. The summed E-state index contributed by atoms with van der Waals surface area (Å²) in [6, 6.07) is 2.13. The maximum Gasteiger partial charge on any atom is 0.225 e. The van der Waals surface area contributed by atoms with Gasteiger partial charge in [0.05, 0.1) is 23.7 Å². The number of nitrogens with zero attached hydrogens (tertiary/aromatic N) is 4. The molecule has 0 radical (unpaired) electrons. The van der Waals surface area contributed by atoms with Crippen molar-refractivity contribution in [2.24, 2.45) is 0 Å². The maximum absolute atomic E-state index is 16.7. The smallest absolute Gasteiger partial charge is 0.225 e. The average molecular weight is 508 g/mol. The van der Waals surface area contributed by atoms with Gasteiger partial charge in [0.2, 0.25) is 5.95 Å². The van der Waals surface area contributed by atoms with Crippen molar-refractivity contribution in [3.8, 4) is 6.07 Å². The molecule has 1 saturated heterocycles. The first kappa shape index (κ1) is 24.3. The third-order valence-electron chi connectivity index (χ3n) is 7.05. The number of ether oxygens (including phenoxy) is 1. The number of benzene rings is 1. The Kier molecular flexibility index (Phi) is 6.49. The molecule has 6 nitrogen and oxygen atoms in total. The van der Waals surface area contributed by atoms with Crippen LogP contribution in [0.1, 0.15) is 72.7 Å². The molecular formula is C27H27F2N5OS. The number of anilines is 2. The molecule has 3 aromatic rings. The Balaban J connectivity index is 1.87. The monoisotopic (exact) mass is 507 g/mol. The largest absolute Gasteiger partial charge is 0.389 e. The first-order chi connectivity index (χ1) is 17.4. The van der Waals surface area contributed by atoms with Crippen molar-refractivity contribution in [3.05, 3.63) is 56.4 Å². The van der Waals surface area contributed by atoms with E-state index in [2.05, 4.69) is 20.9 Å². The summed E-state index contributed by atoms with van der Waals surface area (Å²) in [6.07, 6.45) is 5.68. The lowest BCUT2D eigenvalue weighted by Crippen LogP contribution is -2.20. The van der Waals surface area contributed by atoms with Crippen LogP contribution in [0.15, 0.2) is 17.8 Å². The van der Waals surface area contributed by atoms with Crippen LogP contribution in [0.2, 0.25) is 0 Å². The summed E-state index contributed by atoms with van der Waals surface area (Å²) in [7, 11) is 0. The fraction of sp³-hybridized carbons (Fsp3) is 0.370. The molecule has 2 aromatic heterocycles. The molecule has 0 aliphatic carbocycles. The summed E-state index contributed by atoms with van der Waals surface area (Å²) in [5.41, 5.74) is 9.97. The number of halogens is 2. The van der Waals surface area contributed by atoms with Gasteiger partial charge >= 0.3 is 0 Å². The van der Waals surface area contributed by atoms with Crippen molar-refractivity contribution in [2.75, 3.05) is 23.7 Å². The molecule has 36 heavy (non-hydrogen) atoms. The molecule has 186 valence electrons. The molecule has 0 spiro atoms. The van der Waals surface area contributed by atoms with Gasteiger partial charge in [-0.15, -0.1) is 11.3 Å². The molecule has 0 unspecified atom stereocenters. The number of nitriles is 1. The number of hydrogen-bond donors (Lipinski definition) is 1. The van der Waals surface area contributed by atoms with Crippen molar-refractivity contribution in [1.82, 2.24) is 9.97 Å². The quantitative estimate of drug-likeness (QED) is 0.425. The molecule has 2 aliphatic rings.